The van der Waals surface area contributed by atoms with E-state index in [9.17, 15) is 9.50 Å². The van der Waals surface area contributed by atoms with Gasteiger partial charge in [-0.05, 0) is 58.9 Å². The van der Waals surface area contributed by atoms with Crippen LogP contribution in [-0.4, -0.2) is 56.3 Å². The van der Waals surface area contributed by atoms with Crippen molar-refractivity contribution in [1.82, 2.24) is 14.9 Å². The van der Waals surface area contributed by atoms with E-state index in [-0.39, 0.29) is 29.5 Å². The molecular formula is C18H28FN5O. The summed E-state index contributed by atoms with van der Waals surface area (Å²) < 4.78 is 14.2. The molecule has 3 unspecified atom stereocenters. The van der Waals surface area contributed by atoms with Crippen molar-refractivity contribution in [3.63, 3.8) is 0 Å². The first kappa shape index (κ1) is 17.0. The van der Waals surface area contributed by atoms with Crippen LogP contribution in [0.4, 0.5) is 16.2 Å². The summed E-state index contributed by atoms with van der Waals surface area (Å²) in [6, 6.07) is 0.758. The SMILES string of the molecule is CC1(C)CC(Nc2nc(NC3CC[C@@H]3O)ncc2F)CC2CCCN21. The molecule has 25 heavy (non-hydrogen) atoms. The zero-order valence-corrected chi connectivity index (χ0v) is 15.0. The highest BCUT2D eigenvalue weighted by Gasteiger charge is 2.43. The number of nitrogens with one attached hydrogen (secondary N) is 2. The Morgan fingerprint density at radius 3 is 2.84 bits per heavy atom. The standard InChI is InChI=1S/C18H28FN5O/c1-18(2)9-11(8-12-4-3-7-24(12)18)21-16-13(19)10-20-17(23-16)22-14-5-6-15(14)25/h10-12,14-15,25H,3-9H2,1-2H3,(H2,20,21,22,23)/t11?,12?,14?,15-/m0/s1. The molecule has 0 aromatic carbocycles. The fourth-order valence-corrected chi connectivity index (χ4v) is 4.67. The predicted molar refractivity (Wildman–Crippen MR) is 95.1 cm³/mol. The van der Waals surface area contributed by atoms with Crippen LogP contribution in [0.3, 0.4) is 0 Å². The van der Waals surface area contributed by atoms with Crippen LogP contribution in [0.2, 0.25) is 0 Å². The van der Waals surface area contributed by atoms with Crippen LogP contribution in [0.25, 0.3) is 0 Å². The predicted octanol–water partition coefficient (Wildman–Crippen LogP) is 2.37. The van der Waals surface area contributed by atoms with Gasteiger partial charge >= 0.3 is 0 Å². The second-order valence-electron chi connectivity index (χ2n) is 8.37. The van der Waals surface area contributed by atoms with Gasteiger partial charge in [0, 0.05) is 17.6 Å². The van der Waals surface area contributed by atoms with Crippen molar-refractivity contribution in [3.8, 4) is 0 Å². The fourth-order valence-electron chi connectivity index (χ4n) is 4.67. The number of aliphatic hydroxyl groups is 1. The van der Waals surface area contributed by atoms with Crippen LogP contribution in [-0.2, 0) is 0 Å². The summed E-state index contributed by atoms with van der Waals surface area (Å²) in [5.74, 6) is 0.218. The molecule has 4 atom stereocenters. The van der Waals surface area contributed by atoms with Gasteiger partial charge in [-0.15, -0.1) is 0 Å². The minimum absolute atomic E-state index is 0.0287. The lowest BCUT2D eigenvalue weighted by atomic mass is 9.84. The van der Waals surface area contributed by atoms with E-state index < -0.39 is 5.82 Å². The molecule has 3 fully saturated rings. The van der Waals surface area contributed by atoms with Crippen molar-refractivity contribution in [2.24, 2.45) is 0 Å². The van der Waals surface area contributed by atoms with Gasteiger partial charge in [0.1, 0.15) is 0 Å². The molecule has 0 bridgehead atoms. The maximum atomic E-state index is 14.2. The smallest absolute Gasteiger partial charge is 0.225 e. The van der Waals surface area contributed by atoms with Gasteiger partial charge in [-0.2, -0.15) is 4.98 Å². The summed E-state index contributed by atoms with van der Waals surface area (Å²) in [5, 5.41) is 16.1. The van der Waals surface area contributed by atoms with E-state index in [1.165, 1.54) is 25.6 Å². The lowest BCUT2D eigenvalue weighted by Gasteiger charge is -2.47. The van der Waals surface area contributed by atoms with Crippen molar-refractivity contribution in [2.45, 2.75) is 82.1 Å². The first-order valence-electron chi connectivity index (χ1n) is 9.43. The zero-order chi connectivity index (χ0) is 17.6. The van der Waals surface area contributed by atoms with Gasteiger partial charge in [0.2, 0.25) is 5.95 Å². The van der Waals surface area contributed by atoms with E-state index in [1.807, 2.05) is 0 Å². The summed E-state index contributed by atoms with van der Waals surface area (Å²) in [4.78, 5) is 10.9. The first-order valence-corrected chi connectivity index (χ1v) is 9.43. The number of hydrogen-bond donors (Lipinski definition) is 3. The molecule has 1 aromatic heterocycles. The van der Waals surface area contributed by atoms with Crippen LogP contribution in [0.5, 0.6) is 0 Å². The third-order valence-electron chi connectivity index (χ3n) is 6.09. The van der Waals surface area contributed by atoms with Gasteiger partial charge in [-0.25, -0.2) is 9.37 Å². The molecule has 7 heteroatoms. The highest BCUT2D eigenvalue weighted by molar-refractivity contribution is 5.43. The molecule has 1 aromatic rings. The minimum atomic E-state index is -0.425. The van der Waals surface area contributed by atoms with E-state index in [0.717, 1.165) is 25.7 Å². The first-order chi connectivity index (χ1) is 11.9. The molecule has 3 heterocycles. The Balaban J connectivity index is 1.46. The summed E-state index contributed by atoms with van der Waals surface area (Å²) in [6.45, 7) is 5.73. The van der Waals surface area contributed by atoms with Crippen molar-refractivity contribution < 1.29 is 9.50 Å². The Labute approximate surface area is 148 Å². The number of piperidine rings is 1. The van der Waals surface area contributed by atoms with E-state index >= 15 is 0 Å². The maximum absolute atomic E-state index is 14.2. The molecule has 0 amide bonds. The van der Waals surface area contributed by atoms with Gasteiger partial charge in [-0.1, -0.05) is 0 Å². The minimum Gasteiger partial charge on any atom is -0.391 e. The molecule has 1 saturated carbocycles. The molecule has 3 N–H and O–H groups in total. The van der Waals surface area contributed by atoms with Crippen LogP contribution < -0.4 is 10.6 Å². The van der Waals surface area contributed by atoms with Crippen LogP contribution in [0.15, 0.2) is 6.20 Å². The monoisotopic (exact) mass is 349 g/mol. The second-order valence-corrected chi connectivity index (χ2v) is 8.37. The number of aromatic nitrogens is 2. The van der Waals surface area contributed by atoms with Gasteiger partial charge in [-0.3, -0.25) is 4.90 Å². The number of fused-ring (bicyclic) bond motifs is 1. The molecule has 3 aliphatic rings. The molecular weight excluding hydrogens is 321 g/mol. The number of anilines is 2. The Morgan fingerprint density at radius 1 is 1.28 bits per heavy atom. The number of nitrogens with zero attached hydrogens (tertiary/aromatic N) is 3. The highest BCUT2D eigenvalue weighted by Crippen LogP contribution is 2.38. The van der Waals surface area contributed by atoms with Crippen LogP contribution in [0.1, 0.15) is 52.4 Å². The lowest BCUT2D eigenvalue weighted by molar-refractivity contribution is 0.0500. The highest BCUT2D eigenvalue weighted by atomic mass is 19.1. The van der Waals surface area contributed by atoms with Crippen LogP contribution in [0, 0.1) is 5.82 Å². The van der Waals surface area contributed by atoms with E-state index in [0.29, 0.717) is 12.0 Å². The van der Waals surface area contributed by atoms with Gasteiger partial charge in [0.05, 0.1) is 18.3 Å². The summed E-state index contributed by atoms with van der Waals surface area (Å²) in [7, 11) is 0. The Kier molecular flexibility index (Phi) is 4.32. The van der Waals surface area contributed by atoms with E-state index in [2.05, 4.69) is 39.3 Å². The van der Waals surface area contributed by atoms with Gasteiger partial charge in [0.25, 0.3) is 0 Å². The molecule has 6 nitrogen and oxygen atoms in total. The zero-order valence-electron chi connectivity index (χ0n) is 15.0. The van der Waals surface area contributed by atoms with Gasteiger partial charge < -0.3 is 15.7 Å². The molecule has 4 rings (SSSR count). The molecule has 0 spiro atoms. The Bertz CT molecular complexity index is 640. The third kappa shape index (κ3) is 3.31. The van der Waals surface area contributed by atoms with Crippen LogP contribution >= 0.6 is 0 Å². The largest absolute Gasteiger partial charge is 0.391 e. The van der Waals surface area contributed by atoms with Gasteiger partial charge in [0.15, 0.2) is 11.6 Å². The third-order valence-corrected chi connectivity index (χ3v) is 6.09. The van der Waals surface area contributed by atoms with E-state index in [1.54, 1.807) is 0 Å². The van der Waals surface area contributed by atoms with Crippen molar-refractivity contribution in [3.05, 3.63) is 12.0 Å². The Hall–Kier alpha value is -1.47. The summed E-state index contributed by atoms with van der Waals surface area (Å²) in [5.41, 5.74) is 0.123. The van der Waals surface area contributed by atoms with Crippen molar-refractivity contribution in [2.75, 3.05) is 17.2 Å². The fraction of sp³-hybridized carbons (Fsp3) is 0.778. The quantitative estimate of drug-likeness (QED) is 0.775. The summed E-state index contributed by atoms with van der Waals surface area (Å²) in [6.07, 6.45) is 6.99. The molecule has 1 aliphatic carbocycles. The Morgan fingerprint density at radius 2 is 2.12 bits per heavy atom. The number of hydrogen-bond acceptors (Lipinski definition) is 6. The lowest BCUT2D eigenvalue weighted by Crippen LogP contribution is -2.55. The number of halogens is 1. The molecule has 2 saturated heterocycles. The number of rotatable bonds is 4. The average molecular weight is 349 g/mol. The van der Waals surface area contributed by atoms with Crippen molar-refractivity contribution in [1.29, 1.82) is 0 Å². The molecule has 138 valence electrons. The summed E-state index contributed by atoms with van der Waals surface area (Å²) >= 11 is 0. The molecule has 2 aliphatic heterocycles. The van der Waals surface area contributed by atoms with E-state index in [4.69, 9.17) is 0 Å². The van der Waals surface area contributed by atoms with Crippen molar-refractivity contribution >= 4 is 11.8 Å². The maximum Gasteiger partial charge on any atom is 0.225 e. The number of aliphatic hydroxyl groups excluding tert-OH is 1. The normalized spacial score (nSPS) is 34.2. The molecule has 0 radical (unpaired) electrons. The average Bonchev–Trinajstić information content (AvgIpc) is 3.03. The second kappa shape index (κ2) is 6.36. The topological polar surface area (TPSA) is 73.3 Å².